The Kier molecular flexibility index (Phi) is 4.34. The van der Waals surface area contributed by atoms with Crippen LogP contribution in [0.25, 0.3) is 22.0 Å². The lowest BCUT2D eigenvalue weighted by Crippen LogP contribution is -2.32. The molecule has 1 aliphatic rings. The molecule has 0 bridgehead atoms. The van der Waals surface area contributed by atoms with Gasteiger partial charge in [0.25, 0.3) is 0 Å². The van der Waals surface area contributed by atoms with Crippen LogP contribution < -0.4 is 4.57 Å². The number of benzene rings is 2. The van der Waals surface area contributed by atoms with Crippen molar-refractivity contribution in [2.45, 2.75) is 51.9 Å². The van der Waals surface area contributed by atoms with Crippen molar-refractivity contribution in [3.63, 3.8) is 0 Å². The van der Waals surface area contributed by atoms with Crippen molar-refractivity contribution in [2.75, 3.05) is 0 Å². The Hall–Kier alpha value is -2.15. The fraction of sp³-hybridized carbons (Fsp3) is 0.400. The second-order valence-electron chi connectivity index (χ2n) is 8.54. The van der Waals surface area contributed by atoms with Gasteiger partial charge in [-0.15, -0.1) is 0 Å². The average Bonchev–Trinajstić information content (AvgIpc) is 3.18. The lowest BCUT2D eigenvalue weighted by molar-refractivity contribution is -0.659. The molecule has 26 heavy (non-hydrogen) atoms. The Labute approximate surface area is 157 Å². The molecule has 1 aromatic heterocycles. The summed E-state index contributed by atoms with van der Waals surface area (Å²) in [4.78, 5) is 0. The van der Waals surface area contributed by atoms with Crippen LogP contribution in [-0.2, 0) is 12.5 Å². The minimum Gasteiger partial charge on any atom is -0.200 e. The van der Waals surface area contributed by atoms with Gasteiger partial charge in [0, 0.05) is 11.6 Å². The molecule has 1 nitrogen and oxygen atoms in total. The van der Waals surface area contributed by atoms with Crippen LogP contribution in [0, 0.1) is 12.8 Å². The predicted molar refractivity (Wildman–Crippen MR) is 110 cm³/mol. The van der Waals surface area contributed by atoms with E-state index in [0.717, 1.165) is 5.92 Å². The predicted octanol–water partition coefficient (Wildman–Crippen LogP) is 6.11. The first-order chi connectivity index (χ1) is 12.5. The van der Waals surface area contributed by atoms with Crippen LogP contribution >= 0.6 is 0 Å². The lowest BCUT2D eigenvalue weighted by Gasteiger charge is -2.34. The first kappa shape index (κ1) is 17.3. The van der Waals surface area contributed by atoms with Crippen molar-refractivity contribution >= 4 is 10.8 Å². The lowest BCUT2D eigenvalue weighted by atomic mass is 9.70. The van der Waals surface area contributed by atoms with Gasteiger partial charge in [-0.05, 0) is 59.7 Å². The van der Waals surface area contributed by atoms with Crippen LogP contribution in [0.15, 0.2) is 54.7 Å². The van der Waals surface area contributed by atoms with Crippen molar-refractivity contribution in [1.29, 1.82) is 0 Å². The largest absolute Gasteiger partial charge is 0.220 e. The molecule has 0 aliphatic heterocycles. The van der Waals surface area contributed by atoms with E-state index in [9.17, 15) is 0 Å². The molecule has 0 N–H and O–H groups in total. The molecular weight excluding hydrogens is 314 g/mol. The van der Waals surface area contributed by atoms with Crippen LogP contribution in [0.3, 0.4) is 0 Å². The maximum Gasteiger partial charge on any atom is 0.220 e. The highest BCUT2D eigenvalue weighted by Crippen LogP contribution is 2.44. The number of aryl methyl sites for hydroxylation is 1. The van der Waals surface area contributed by atoms with Gasteiger partial charge < -0.3 is 0 Å². The molecule has 1 aliphatic carbocycles. The third-order valence-corrected chi connectivity index (χ3v) is 6.71. The first-order valence-electron chi connectivity index (χ1n) is 9.98. The number of fused-ring (bicyclic) bond motifs is 1. The van der Waals surface area contributed by atoms with Crippen molar-refractivity contribution in [2.24, 2.45) is 13.0 Å². The molecule has 0 amide bonds. The first-order valence-corrected chi connectivity index (χ1v) is 9.98. The minimum absolute atomic E-state index is 0.236. The number of aromatic nitrogens is 1. The minimum atomic E-state index is 0.236. The molecule has 0 atom stereocenters. The van der Waals surface area contributed by atoms with Gasteiger partial charge in [0.2, 0.25) is 5.69 Å². The van der Waals surface area contributed by atoms with Gasteiger partial charge >= 0.3 is 0 Å². The molecule has 134 valence electrons. The summed E-state index contributed by atoms with van der Waals surface area (Å²) < 4.78 is 2.27. The topological polar surface area (TPSA) is 3.88 Å². The van der Waals surface area contributed by atoms with Gasteiger partial charge in [0.05, 0.1) is 5.39 Å². The van der Waals surface area contributed by atoms with E-state index in [4.69, 9.17) is 0 Å². The smallest absolute Gasteiger partial charge is 0.200 e. The highest BCUT2D eigenvalue weighted by Gasteiger charge is 2.35. The van der Waals surface area contributed by atoms with Crippen LogP contribution in [0.1, 0.15) is 50.7 Å². The molecule has 0 spiro atoms. The van der Waals surface area contributed by atoms with E-state index in [1.165, 1.54) is 58.8 Å². The van der Waals surface area contributed by atoms with E-state index in [2.05, 4.69) is 87.1 Å². The van der Waals surface area contributed by atoms with Crippen LogP contribution in [0.5, 0.6) is 0 Å². The van der Waals surface area contributed by atoms with Crippen molar-refractivity contribution in [3.05, 3.63) is 65.9 Å². The number of rotatable bonds is 3. The van der Waals surface area contributed by atoms with Crippen molar-refractivity contribution in [1.82, 2.24) is 0 Å². The van der Waals surface area contributed by atoms with E-state index >= 15 is 0 Å². The quantitative estimate of drug-likeness (QED) is 0.505. The van der Waals surface area contributed by atoms with E-state index in [0.29, 0.717) is 0 Å². The molecule has 0 unspecified atom stereocenters. The summed E-state index contributed by atoms with van der Waals surface area (Å²) in [5.74, 6) is 0.803. The van der Waals surface area contributed by atoms with Gasteiger partial charge in [-0.25, -0.2) is 4.57 Å². The van der Waals surface area contributed by atoms with Crippen LogP contribution in [0.4, 0.5) is 0 Å². The average molecular weight is 345 g/mol. The highest BCUT2D eigenvalue weighted by molar-refractivity contribution is 5.93. The second-order valence-corrected chi connectivity index (χ2v) is 8.54. The summed E-state index contributed by atoms with van der Waals surface area (Å²) in [7, 11) is 2.16. The van der Waals surface area contributed by atoms with Gasteiger partial charge in [0.1, 0.15) is 7.05 Å². The van der Waals surface area contributed by atoms with E-state index < -0.39 is 0 Å². The number of hydrogen-bond acceptors (Lipinski definition) is 0. The molecule has 3 aromatic rings. The van der Waals surface area contributed by atoms with E-state index in [-0.39, 0.29) is 5.41 Å². The summed E-state index contributed by atoms with van der Waals surface area (Å²) in [5, 5.41) is 2.64. The zero-order valence-corrected chi connectivity index (χ0v) is 16.5. The number of nitrogens with zero attached hydrogens (tertiary/aromatic N) is 1. The van der Waals surface area contributed by atoms with Gasteiger partial charge in [-0.3, -0.25) is 0 Å². The van der Waals surface area contributed by atoms with Gasteiger partial charge in [-0.1, -0.05) is 57.0 Å². The van der Waals surface area contributed by atoms with Crippen molar-refractivity contribution < 1.29 is 4.57 Å². The summed E-state index contributed by atoms with van der Waals surface area (Å²) in [6.45, 7) is 7.24. The fourth-order valence-electron chi connectivity index (χ4n) is 5.11. The van der Waals surface area contributed by atoms with Crippen molar-refractivity contribution in [3.8, 4) is 11.3 Å². The third-order valence-electron chi connectivity index (χ3n) is 6.71. The molecule has 1 heteroatoms. The second kappa shape index (κ2) is 6.54. The molecule has 0 radical (unpaired) electrons. The molecule has 0 saturated heterocycles. The van der Waals surface area contributed by atoms with E-state index in [1.807, 2.05) is 0 Å². The standard InChI is InChI=1S/C25H30N/c1-18-21(24-22-13-8-5-10-19(22)16-17-26(24)4)14-9-15-23(18)25(2,3)20-11-6-7-12-20/h5,8-10,13-17,20H,6-7,11-12H2,1-4H3/q+1. The Morgan fingerprint density at radius 3 is 2.42 bits per heavy atom. The molecule has 1 heterocycles. The SMILES string of the molecule is Cc1c(-c2c3ccccc3cc[n+]2C)cccc1C(C)(C)C1CCCC1. The number of pyridine rings is 1. The summed E-state index contributed by atoms with van der Waals surface area (Å²) in [6, 6.07) is 17.9. The molecule has 1 saturated carbocycles. The summed E-state index contributed by atoms with van der Waals surface area (Å²) in [5.41, 5.74) is 5.89. The highest BCUT2D eigenvalue weighted by atomic mass is 14.9. The van der Waals surface area contributed by atoms with Crippen LogP contribution in [-0.4, -0.2) is 0 Å². The zero-order valence-electron chi connectivity index (χ0n) is 16.5. The monoisotopic (exact) mass is 344 g/mol. The Morgan fingerprint density at radius 1 is 0.923 bits per heavy atom. The Balaban J connectivity index is 1.91. The molecule has 1 fully saturated rings. The maximum absolute atomic E-state index is 2.46. The normalized spacial score (nSPS) is 15.7. The summed E-state index contributed by atoms with van der Waals surface area (Å²) in [6.07, 6.45) is 7.72. The third kappa shape index (κ3) is 2.74. The number of hydrogen-bond donors (Lipinski definition) is 0. The van der Waals surface area contributed by atoms with E-state index in [1.54, 1.807) is 0 Å². The van der Waals surface area contributed by atoms with Crippen LogP contribution in [0.2, 0.25) is 0 Å². The fourth-order valence-corrected chi connectivity index (χ4v) is 5.11. The Bertz CT molecular complexity index is 946. The molecular formula is C25H30N+. The van der Waals surface area contributed by atoms with Gasteiger partial charge in [0.15, 0.2) is 6.20 Å². The molecule has 2 aromatic carbocycles. The maximum atomic E-state index is 2.46. The zero-order chi connectivity index (χ0) is 18.3. The Morgan fingerprint density at radius 2 is 1.65 bits per heavy atom. The summed E-state index contributed by atoms with van der Waals surface area (Å²) >= 11 is 0. The molecule has 4 rings (SSSR count). The van der Waals surface area contributed by atoms with Gasteiger partial charge in [-0.2, -0.15) is 0 Å².